The van der Waals surface area contributed by atoms with Gasteiger partial charge in [-0.3, -0.25) is 14.5 Å². The van der Waals surface area contributed by atoms with E-state index in [4.69, 9.17) is 0 Å². The second-order valence-electron chi connectivity index (χ2n) is 5.57. The Kier molecular flexibility index (Phi) is 3.46. The van der Waals surface area contributed by atoms with Crippen molar-refractivity contribution < 1.29 is 4.79 Å². The number of imidazole rings is 1. The van der Waals surface area contributed by atoms with E-state index in [-0.39, 0.29) is 5.82 Å². The lowest BCUT2D eigenvalue weighted by Gasteiger charge is -2.06. The third-order valence-corrected chi connectivity index (χ3v) is 3.73. The van der Waals surface area contributed by atoms with Gasteiger partial charge in [0.05, 0.1) is 23.9 Å². The Morgan fingerprint density at radius 2 is 1.84 bits per heavy atom. The Balaban J connectivity index is 1.67. The lowest BCUT2D eigenvalue weighted by Crippen LogP contribution is -2.15. The van der Waals surface area contributed by atoms with E-state index in [2.05, 4.69) is 30.4 Å². The lowest BCUT2D eigenvalue weighted by molar-refractivity contribution is 0.101. The largest absolute Gasteiger partial charge is 0.332 e. The normalized spacial score (nSPS) is 11.0. The first-order valence-electron chi connectivity index (χ1n) is 7.49. The van der Waals surface area contributed by atoms with Crippen LogP contribution in [0.4, 0.5) is 5.82 Å². The maximum atomic E-state index is 12.1. The summed E-state index contributed by atoms with van der Waals surface area (Å²) in [6, 6.07) is 3.72. The summed E-state index contributed by atoms with van der Waals surface area (Å²) in [4.78, 5) is 28.9. The van der Waals surface area contributed by atoms with Gasteiger partial charge in [-0.25, -0.2) is 15.0 Å². The van der Waals surface area contributed by atoms with Gasteiger partial charge in [0.25, 0.3) is 5.91 Å². The molecule has 0 radical (unpaired) electrons. The topological polar surface area (TPSA) is 103 Å². The van der Waals surface area contributed by atoms with E-state index in [0.717, 1.165) is 22.2 Å². The third kappa shape index (κ3) is 2.82. The molecule has 9 heteroatoms. The number of hydrogen-bond acceptors (Lipinski definition) is 6. The zero-order valence-electron chi connectivity index (χ0n) is 13.6. The van der Waals surface area contributed by atoms with Gasteiger partial charge in [-0.15, -0.1) is 5.10 Å². The fraction of sp³-hybridized carbons (Fsp3) is 0.125. The minimum absolute atomic E-state index is 0.0923. The number of nitrogens with zero attached hydrogens (tertiary/aromatic N) is 7. The van der Waals surface area contributed by atoms with E-state index in [9.17, 15) is 4.79 Å². The molecule has 0 saturated carbocycles. The second-order valence-corrected chi connectivity index (χ2v) is 5.57. The van der Waals surface area contributed by atoms with Crippen molar-refractivity contribution in [3.05, 3.63) is 49.2 Å². The molecule has 4 rings (SSSR count). The number of aryl methyl sites for hydroxylation is 2. The molecule has 25 heavy (non-hydrogen) atoms. The Bertz CT molecular complexity index is 1080. The molecule has 4 aromatic heterocycles. The molecule has 0 unspecified atom stereocenters. The van der Waals surface area contributed by atoms with Crippen LogP contribution >= 0.6 is 0 Å². The van der Waals surface area contributed by atoms with E-state index in [0.29, 0.717) is 5.82 Å². The van der Waals surface area contributed by atoms with Crippen LogP contribution in [0.25, 0.3) is 22.2 Å². The Morgan fingerprint density at radius 1 is 1.00 bits per heavy atom. The summed E-state index contributed by atoms with van der Waals surface area (Å²) >= 11 is 0. The van der Waals surface area contributed by atoms with Gasteiger partial charge in [-0.05, 0) is 17.5 Å². The third-order valence-electron chi connectivity index (χ3n) is 3.73. The highest BCUT2D eigenvalue weighted by atomic mass is 16.2. The molecule has 0 aliphatic rings. The van der Waals surface area contributed by atoms with Gasteiger partial charge in [-0.2, -0.15) is 0 Å². The highest BCUT2D eigenvalue weighted by Crippen LogP contribution is 2.22. The average Bonchev–Trinajstić information content (AvgIpc) is 3.22. The lowest BCUT2D eigenvalue weighted by atomic mass is 10.1. The van der Waals surface area contributed by atoms with E-state index in [1.807, 2.05) is 17.7 Å². The van der Waals surface area contributed by atoms with Crippen LogP contribution in [0.15, 0.2) is 43.4 Å². The van der Waals surface area contributed by atoms with Crippen LogP contribution in [-0.4, -0.2) is 40.2 Å². The molecule has 0 atom stereocenters. The molecule has 4 heterocycles. The van der Waals surface area contributed by atoms with Crippen molar-refractivity contribution >= 4 is 22.5 Å². The van der Waals surface area contributed by atoms with Crippen LogP contribution in [0.3, 0.4) is 0 Å². The zero-order chi connectivity index (χ0) is 17.4. The Labute approximate surface area is 142 Å². The molecule has 1 amide bonds. The molecule has 1 N–H and O–H groups in total. The first kappa shape index (κ1) is 14.9. The number of pyridine rings is 2. The van der Waals surface area contributed by atoms with Gasteiger partial charge < -0.3 is 9.88 Å². The van der Waals surface area contributed by atoms with Gasteiger partial charge in [0, 0.05) is 31.9 Å². The first-order valence-corrected chi connectivity index (χ1v) is 7.49. The summed E-state index contributed by atoms with van der Waals surface area (Å²) in [6.07, 6.45) is 8.35. The Hall–Kier alpha value is -3.62. The number of hydrogen-bond donors (Lipinski definition) is 1. The number of amides is 1. The van der Waals surface area contributed by atoms with Crippen LogP contribution in [0.2, 0.25) is 0 Å². The highest BCUT2D eigenvalue weighted by Gasteiger charge is 2.12. The van der Waals surface area contributed by atoms with Crippen molar-refractivity contribution in [2.45, 2.75) is 0 Å². The summed E-state index contributed by atoms with van der Waals surface area (Å²) in [7, 11) is 3.61. The van der Waals surface area contributed by atoms with Gasteiger partial charge in [0.15, 0.2) is 0 Å². The van der Waals surface area contributed by atoms with Crippen molar-refractivity contribution in [2.75, 3.05) is 5.32 Å². The van der Waals surface area contributed by atoms with Gasteiger partial charge in [0.2, 0.25) is 5.82 Å². The van der Waals surface area contributed by atoms with Crippen LogP contribution in [0.5, 0.6) is 0 Å². The van der Waals surface area contributed by atoms with E-state index in [1.165, 1.54) is 11.0 Å². The van der Waals surface area contributed by atoms with Crippen molar-refractivity contribution in [1.82, 2.24) is 34.3 Å². The Morgan fingerprint density at radius 3 is 2.56 bits per heavy atom. The van der Waals surface area contributed by atoms with Gasteiger partial charge >= 0.3 is 0 Å². The number of rotatable bonds is 3. The van der Waals surface area contributed by atoms with Crippen LogP contribution in [0, 0.1) is 0 Å². The summed E-state index contributed by atoms with van der Waals surface area (Å²) in [6.45, 7) is 0. The zero-order valence-corrected chi connectivity index (χ0v) is 13.6. The summed E-state index contributed by atoms with van der Waals surface area (Å²) in [5, 5.41) is 8.46. The van der Waals surface area contributed by atoms with Gasteiger partial charge in [0.1, 0.15) is 12.1 Å². The first-order chi connectivity index (χ1) is 12.1. The summed E-state index contributed by atoms with van der Waals surface area (Å²) < 4.78 is 3.36. The molecular weight excluding hydrogens is 320 g/mol. The molecule has 0 aromatic carbocycles. The van der Waals surface area contributed by atoms with Crippen LogP contribution in [0.1, 0.15) is 10.6 Å². The van der Waals surface area contributed by atoms with E-state index in [1.54, 1.807) is 38.0 Å². The van der Waals surface area contributed by atoms with Crippen molar-refractivity contribution in [3.63, 3.8) is 0 Å². The van der Waals surface area contributed by atoms with E-state index >= 15 is 0 Å². The quantitative estimate of drug-likeness (QED) is 0.607. The maximum absolute atomic E-state index is 12.1. The minimum atomic E-state index is -0.409. The van der Waals surface area contributed by atoms with E-state index < -0.39 is 5.91 Å². The fourth-order valence-corrected chi connectivity index (χ4v) is 2.47. The van der Waals surface area contributed by atoms with Crippen LogP contribution in [-0.2, 0) is 14.1 Å². The molecule has 9 nitrogen and oxygen atoms in total. The molecule has 0 fully saturated rings. The maximum Gasteiger partial charge on any atom is 0.296 e. The number of carbonyl (C=O) groups is 1. The number of anilines is 1. The minimum Gasteiger partial charge on any atom is -0.332 e. The standard InChI is InChI=1S/C16H14N8O/c1-23-8-17-7-13(23)12-3-10-4-14(19-6-11(10)5-18-12)21-16(25)15-20-9-24(2)22-15/h3-9H,1-2H3,(H,19,21,25). The number of nitrogens with one attached hydrogen (secondary N) is 1. The van der Waals surface area contributed by atoms with Crippen molar-refractivity contribution in [1.29, 1.82) is 0 Å². The van der Waals surface area contributed by atoms with Crippen LogP contribution < -0.4 is 5.32 Å². The summed E-state index contributed by atoms with van der Waals surface area (Å²) in [5.74, 6) is 0.107. The molecule has 0 aliphatic heterocycles. The molecule has 124 valence electrons. The molecule has 0 bridgehead atoms. The smallest absolute Gasteiger partial charge is 0.296 e. The van der Waals surface area contributed by atoms with Crippen molar-refractivity contribution in [3.8, 4) is 11.4 Å². The molecular formula is C16H14N8O. The summed E-state index contributed by atoms with van der Waals surface area (Å²) in [5.41, 5.74) is 1.70. The molecule has 0 spiro atoms. The SMILES string of the molecule is Cn1cnc(C(=O)Nc2cc3cc(-c4cncn4C)ncc3cn2)n1. The molecule has 0 saturated heterocycles. The number of aromatic nitrogens is 7. The average molecular weight is 334 g/mol. The van der Waals surface area contributed by atoms with Crippen molar-refractivity contribution in [2.24, 2.45) is 14.1 Å². The fourth-order valence-electron chi connectivity index (χ4n) is 2.47. The molecule has 0 aliphatic carbocycles. The predicted octanol–water partition coefficient (Wildman–Crippen LogP) is 1.41. The monoisotopic (exact) mass is 334 g/mol. The second kappa shape index (κ2) is 5.78. The highest BCUT2D eigenvalue weighted by molar-refractivity contribution is 6.01. The molecule has 4 aromatic rings. The van der Waals surface area contributed by atoms with Gasteiger partial charge in [-0.1, -0.05) is 0 Å². The number of carbonyl (C=O) groups excluding carboxylic acids is 1. The number of fused-ring (bicyclic) bond motifs is 1. The predicted molar refractivity (Wildman–Crippen MR) is 90.7 cm³/mol.